The highest BCUT2D eigenvalue weighted by Gasteiger charge is 2.44. The lowest BCUT2D eigenvalue weighted by Crippen LogP contribution is -2.60. The number of allylic oxidation sites excluding steroid dienone is 3. The largest absolute Gasteiger partial charge is 0.394 e. The molecule has 1 amide bonds. The fourth-order valence-electron chi connectivity index (χ4n) is 10.8. The summed E-state index contributed by atoms with van der Waals surface area (Å²) >= 11 is 0. The maximum Gasteiger partial charge on any atom is 0.220 e. The van der Waals surface area contributed by atoms with Crippen LogP contribution in [-0.2, 0) is 14.3 Å². The van der Waals surface area contributed by atoms with Crippen molar-refractivity contribution >= 4 is 5.91 Å². The molecule has 0 aromatic heterocycles. The number of carbonyl (C=O) groups is 1. The standard InChI is InChI=1S/C66H127NO8/c1-3-5-7-9-11-13-15-17-19-21-22-23-24-25-26-27-28-29-30-31-32-33-34-35-36-37-38-40-42-44-46-48-50-52-54-56-62(70)67-59(58-74-66-65(73)64(72)63(71)61(57-68)75-66)60(69)55-53-51-49-47-45-43-41-39-20-18-16-14-12-10-8-6-4-2/h45,47,53,55,59-61,63-66,68-69,71-73H,3-44,46,48-52,54,56-58H2,1-2H3,(H,67,70)/b47-45+,55-53+. The van der Waals surface area contributed by atoms with E-state index >= 15 is 0 Å². The third-order valence-corrected chi connectivity index (χ3v) is 16.0. The lowest BCUT2D eigenvalue weighted by Gasteiger charge is -2.40. The van der Waals surface area contributed by atoms with Gasteiger partial charge in [0.05, 0.1) is 25.4 Å². The second-order valence-corrected chi connectivity index (χ2v) is 23.3. The van der Waals surface area contributed by atoms with Gasteiger partial charge in [-0.1, -0.05) is 321 Å². The summed E-state index contributed by atoms with van der Waals surface area (Å²) in [6, 6.07) is -0.819. The van der Waals surface area contributed by atoms with E-state index < -0.39 is 49.5 Å². The minimum absolute atomic E-state index is 0.179. The number of carbonyl (C=O) groups excluding carboxylic acids is 1. The fraction of sp³-hybridized carbons (Fsp3) is 0.924. The van der Waals surface area contributed by atoms with E-state index in [9.17, 15) is 30.3 Å². The van der Waals surface area contributed by atoms with E-state index in [0.29, 0.717) is 6.42 Å². The summed E-state index contributed by atoms with van der Waals surface area (Å²) in [6.45, 7) is 3.81. The van der Waals surface area contributed by atoms with Crippen molar-refractivity contribution in [1.82, 2.24) is 5.32 Å². The summed E-state index contributed by atoms with van der Waals surface area (Å²) in [6.07, 6.45) is 65.8. The Morgan fingerprint density at radius 3 is 1.12 bits per heavy atom. The van der Waals surface area contributed by atoms with Gasteiger partial charge in [0, 0.05) is 6.42 Å². The van der Waals surface area contributed by atoms with Crippen LogP contribution >= 0.6 is 0 Å². The molecule has 9 heteroatoms. The van der Waals surface area contributed by atoms with Crippen LogP contribution in [0.3, 0.4) is 0 Å². The van der Waals surface area contributed by atoms with Crippen LogP contribution in [0, 0.1) is 0 Å². The second-order valence-electron chi connectivity index (χ2n) is 23.3. The minimum Gasteiger partial charge on any atom is -0.394 e. The number of aliphatic hydroxyl groups is 5. The molecule has 0 spiro atoms. The first-order valence-electron chi connectivity index (χ1n) is 33.1. The summed E-state index contributed by atoms with van der Waals surface area (Å²) in [5.74, 6) is -0.179. The highest BCUT2D eigenvalue weighted by atomic mass is 16.7. The van der Waals surface area contributed by atoms with Gasteiger partial charge >= 0.3 is 0 Å². The summed E-state index contributed by atoms with van der Waals surface area (Å²) in [5, 5.41) is 54.6. The number of ether oxygens (including phenoxy) is 2. The van der Waals surface area contributed by atoms with Gasteiger partial charge in [-0.25, -0.2) is 0 Å². The van der Waals surface area contributed by atoms with E-state index in [1.54, 1.807) is 6.08 Å². The van der Waals surface area contributed by atoms with Gasteiger partial charge in [-0.15, -0.1) is 0 Å². The van der Waals surface area contributed by atoms with E-state index in [-0.39, 0.29) is 12.5 Å². The van der Waals surface area contributed by atoms with Crippen molar-refractivity contribution in [2.45, 2.75) is 378 Å². The number of hydrogen-bond acceptors (Lipinski definition) is 8. The predicted octanol–water partition coefficient (Wildman–Crippen LogP) is 17.3. The first-order chi connectivity index (χ1) is 36.8. The zero-order chi connectivity index (χ0) is 54.3. The highest BCUT2D eigenvalue weighted by molar-refractivity contribution is 5.76. The van der Waals surface area contributed by atoms with Gasteiger partial charge in [-0.2, -0.15) is 0 Å². The Morgan fingerprint density at radius 1 is 0.440 bits per heavy atom. The van der Waals surface area contributed by atoms with Crippen LogP contribution in [0.25, 0.3) is 0 Å². The first-order valence-corrected chi connectivity index (χ1v) is 33.1. The molecule has 0 bridgehead atoms. The second kappa shape index (κ2) is 56.0. The van der Waals surface area contributed by atoms with Gasteiger partial charge < -0.3 is 40.3 Å². The van der Waals surface area contributed by atoms with Crippen molar-refractivity contribution < 1.29 is 39.8 Å². The zero-order valence-electron chi connectivity index (χ0n) is 49.6. The smallest absolute Gasteiger partial charge is 0.220 e. The molecule has 1 heterocycles. The van der Waals surface area contributed by atoms with E-state index in [4.69, 9.17) is 9.47 Å². The van der Waals surface area contributed by atoms with Gasteiger partial charge in [-0.3, -0.25) is 4.79 Å². The Hall–Kier alpha value is -1.33. The number of hydrogen-bond donors (Lipinski definition) is 6. The van der Waals surface area contributed by atoms with Crippen molar-refractivity contribution in [3.63, 3.8) is 0 Å². The Bertz CT molecular complexity index is 1230. The normalized spacial score (nSPS) is 18.9. The number of aliphatic hydroxyl groups excluding tert-OH is 5. The average molecular weight is 1060 g/mol. The van der Waals surface area contributed by atoms with Crippen molar-refractivity contribution in [2.75, 3.05) is 13.2 Å². The molecule has 75 heavy (non-hydrogen) atoms. The summed E-state index contributed by atoms with van der Waals surface area (Å²) in [5.41, 5.74) is 0. The maximum atomic E-state index is 13.1. The Labute approximate surface area is 464 Å². The van der Waals surface area contributed by atoms with Gasteiger partial charge in [0.1, 0.15) is 24.4 Å². The summed E-state index contributed by atoms with van der Waals surface area (Å²) in [4.78, 5) is 13.1. The van der Waals surface area contributed by atoms with E-state index in [1.165, 1.54) is 276 Å². The van der Waals surface area contributed by atoms with Crippen LogP contribution in [0.15, 0.2) is 24.3 Å². The van der Waals surface area contributed by atoms with Crippen molar-refractivity contribution in [3.05, 3.63) is 24.3 Å². The Morgan fingerprint density at radius 2 is 0.760 bits per heavy atom. The van der Waals surface area contributed by atoms with Gasteiger partial charge in [0.15, 0.2) is 6.29 Å². The number of rotatable bonds is 58. The molecular weight excluding hydrogens is 935 g/mol. The number of nitrogens with one attached hydrogen (secondary N) is 1. The molecule has 7 atom stereocenters. The Balaban J connectivity index is 2.08. The van der Waals surface area contributed by atoms with Gasteiger partial charge in [0.25, 0.3) is 0 Å². The third kappa shape index (κ3) is 45.1. The summed E-state index contributed by atoms with van der Waals surface area (Å²) in [7, 11) is 0. The van der Waals surface area contributed by atoms with E-state index in [2.05, 4.69) is 31.3 Å². The molecule has 444 valence electrons. The van der Waals surface area contributed by atoms with Crippen molar-refractivity contribution in [2.24, 2.45) is 0 Å². The van der Waals surface area contributed by atoms with Crippen LogP contribution in [0.5, 0.6) is 0 Å². The molecule has 1 rings (SSSR count). The van der Waals surface area contributed by atoms with Crippen LogP contribution in [-0.4, -0.2) is 87.5 Å². The molecule has 0 saturated carbocycles. The van der Waals surface area contributed by atoms with Crippen LogP contribution in [0.2, 0.25) is 0 Å². The highest BCUT2D eigenvalue weighted by Crippen LogP contribution is 2.23. The molecule has 1 saturated heterocycles. The molecule has 9 nitrogen and oxygen atoms in total. The molecule has 1 aliphatic rings. The lowest BCUT2D eigenvalue weighted by molar-refractivity contribution is -0.302. The maximum absolute atomic E-state index is 13.1. The quantitative estimate of drug-likeness (QED) is 0.0261. The Kier molecular flexibility index (Phi) is 53.5. The third-order valence-electron chi connectivity index (χ3n) is 16.0. The molecule has 0 aromatic carbocycles. The fourth-order valence-corrected chi connectivity index (χ4v) is 10.8. The number of amides is 1. The molecule has 1 aliphatic heterocycles. The molecular formula is C66H127NO8. The minimum atomic E-state index is -1.57. The van der Waals surface area contributed by atoms with E-state index in [0.717, 1.165) is 38.5 Å². The van der Waals surface area contributed by atoms with Crippen LogP contribution in [0.1, 0.15) is 335 Å². The zero-order valence-corrected chi connectivity index (χ0v) is 49.6. The number of unbranched alkanes of at least 4 members (excludes halogenated alkanes) is 46. The van der Waals surface area contributed by atoms with Crippen molar-refractivity contribution in [3.8, 4) is 0 Å². The first kappa shape index (κ1) is 71.7. The predicted molar refractivity (Wildman–Crippen MR) is 318 cm³/mol. The average Bonchev–Trinajstić information content (AvgIpc) is 3.41. The topological polar surface area (TPSA) is 149 Å². The van der Waals surface area contributed by atoms with Crippen LogP contribution < -0.4 is 5.32 Å². The monoisotopic (exact) mass is 1060 g/mol. The van der Waals surface area contributed by atoms with Gasteiger partial charge in [-0.05, 0) is 32.1 Å². The molecule has 6 N–H and O–H groups in total. The van der Waals surface area contributed by atoms with Crippen LogP contribution in [0.4, 0.5) is 0 Å². The van der Waals surface area contributed by atoms with Crippen molar-refractivity contribution in [1.29, 1.82) is 0 Å². The SMILES string of the molecule is CCCCCCCCCCCCC/C=C/CC/C=C/C(O)C(COC1OC(CO)C(O)C(O)C1O)NC(=O)CCCCCCCCCCCCCCCCCCCCCCCCCCCCCCCCCCCCC. The molecule has 1 fully saturated rings. The molecule has 0 radical (unpaired) electrons. The summed E-state index contributed by atoms with van der Waals surface area (Å²) < 4.78 is 11.3. The molecule has 0 aromatic rings. The van der Waals surface area contributed by atoms with E-state index in [1.807, 2.05) is 6.08 Å². The molecule has 0 aliphatic carbocycles. The molecule has 7 unspecified atom stereocenters. The lowest BCUT2D eigenvalue weighted by atomic mass is 9.99. The van der Waals surface area contributed by atoms with Gasteiger partial charge in [0.2, 0.25) is 5.91 Å².